The Labute approximate surface area is 117 Å². The molecule has 1 rings (SSSR count). The van der Waals surface area contributed by atoms with Gasteiger partial charge in [0, 0.05) is 38.6 Å². The van der Waals surface area contributed by atoms with Crippen molar-refractivity contribution in [2.75, 3.05) is 33.4 Å². The summed E-state index contributed by atoms with van der Waals surface area (Å²) >= 11 is 0. The summed E-state index contributed by atoms with van der Waals surface area (Å²) in [5.74, 6) is 0. The van der Waals surface area contributed by atoms with Crippen molar-refractivity contribution in [2.24, 2.45) is 0 Å². The van der Waals surface area contributed by atoms with Crippen molar-refractivity contribution in [1.29, 1.82) is 0 Å². The summed E-state index contributed by atoms with van der Waals surface area (Å²) in [5.41, 5.74) is 1.31. The van der Waals surface area contributed by atoms with Gasteiger partial charge >= 0.3 is 0 Å². The van der Waals surface area contributed by atoms with Crippen molar-refractivity contribution < 1.29 is 4.74 Å². The Morgan fingerprint density at radius 1 is 1.32 bits per heavy atom. The lowest BCUT2D eigenvalue weighted by atomic mass is 10.2. The number of pyridine rings is 1. The Morgan fingerprint density at radius 3 is 2.63 bits per heavy atom. The van der Waals surface area contributed by atoms with Crippen molar-refractivity contribution in [1.82, 2.24) is 15.2 Å². The van der Waals surface area contributed by atoms with Gasteiger partial charge in [-0.3, -0.25) is 9.88 Å². The summed E-state index contributed by atoms with van der Waals surface area (Å²) in [7, 11) is 1.76. The Morgan fingerprint density at radius 2 is 2.05 bits per heavy atom. The van der Waals surface area contributed by atoms with Gasteiger partial charge in [-0.1, -0.05) is 13.8 Å². The molecule has 0 aromatic carbocycles. The fourth-order valence-corrected chi connectivity index (χ4v) is 2.09. The molecule has 0 saturated heterocycles. The van der Waals surface area contributed by atoms with Crippen LogP contribution in [0.25, 0.3) is 0 Å². The molecular weight excluding hydrogens is 238 g/mol. The van der Waals surface area contributed by atoms with E-state index in [0.717, 1.165) is 39.2 Å². The molecule has 1 aromatic heterocycles. The monoisotopic (exact) mass is 265 g/mol. The molecule has 1 heterocycles. The lowest BCUT2D eigenvalue weighted by Crippen LogP contribution is -2.43. The van der Waals surface area contributed by atoms with E-state index in [9.17, 15) is 0 Å². The molecule has 1 unspecified atom stereocenters. The van der Waals surface area contributed by atoms with Crippen LogP contribution >= 0.6 is 0 Å². The van der Waals surface area contributed by atoms with Crippen LogP contribution in [0.5, 0.6) is 0 Å². The molecule has 1 atom stereocenters. The van der Waals surface area contributed by atoms with Crippen LogP contribution in [-0.2, 0) is 11.3 Å². The molecule has 1 aromatic rings. The summed E-state index contributed by atoms with van der Waals surface area (Å²) in [6.45, 7) is 9.19. The van der Waals surface area contributed by atoms with Crippen LogP contribution in [0.4, 0.5) is 0 Å². The molecule has 108 valence electrons. The van der Waals surface area contributed by atoms with Gasteiger partial charge in [-0.15, -0.1) is 0 Å². The lowest BCUT2D eigenvalue weighted by molar-refractivity contribution is 0.137. The predicted molar refractivity (Wildman–Crippen MR) is 79.1 cm³/mol. The van der Waals surface area contributed by atoms with Gasteiger partial charge < -0.3 is 10.1 Å². The number of ether oxygens (including phenoxy) is 1. The van der Waals surface area contributed by atoms with Crippen LogP contribution in [0.2, 0.25) is 0 Å². The molecule has 0 aliphatic heterocycles. The van der Waals surface area contributed by atoms with E-state index in [2.05, 4.69) is 41.2 Å². The average molecular weight is 265 g/mol. The van der Waals surface area contributed by atoms with Crippen molar-refractivity contribution >= 4 is 0 Å². The summed E-state index contributed by atoms with van der Waals surface area (Å²) in [4.78, 5) is 6.49. The number of nitrogens with zero attached hydrogens (tertiary/aromatic N) is 2. The lowest BCUT2D eigenvalue weighted by Gasteiger charge is -2.27. The first-order valence-corrected chi connectivity index (χ1v) is 7.13. The molecule has 1 N–H and O–H groups in total. The number of nitrogens with one attached hydrogen (secondary N) is 1. The minimum absolute atomic E-state index is 0.395. The van der Waals surface area contributed by atoms with Crippen LogP contribution in [-0.4, -0.2) is 49.3 Å². The minimum Gasteiger partial charge on any atom is -0.383 e. The first-order valence-electron chi connectivity index (χ1n) is 7.13. The maximum atomic E-state index is 5.30. The fourth-order valence-electron chi connectivity index (χ4n) is 2.09. The smallest absolute Gasteiger partial charge is 0.0628 e. The van der Waals surface area contributed by atoms with E-state index in [1.807, 2.05) is 12.4 Å². The van der Waals surface area contributed by atoms with Crippen molar-refractivity contribution in [2.45, 2.75) is 32.9 Å². The highest BCUT2D eigenvalue weighted by Gasteiger charge is 2.12. The molecule has 0 aliphatic rings. The van der Waals surface area contributed by atoms with E-state index in [0.29, 0.717) is 6.04 Å². The standard InChI is InChI=1S/C15H27N3O/c1-4-8-17-15(13-19-3)12-18(5-2)11-14-6-9-16-10-7-14/h6-7,9-10,15,17H,4-5,8,11-13H2,1-3H3. The second kappa shape index (κ2) is 9.89. The van der Waals surface area contributed by atoms with E-state index in [4.69, 9.17) is 4.74 Å². The average Bonchev–Trinajstić information content (AvgIpc) is 2.45. The maximum Gasteiger partial charge on any atom is 0.0628 e. The molecule has 19 heavy (non-hydrogen) atoms. The Balaban J connectivity index is 2.48. The highest BCUT2D eigenvalue weighted by molar-refractivity contribution is 5.09. The molecule has 0 bridgehead atoms. The Kier molecular flexibility index (Phi) is 8.38. The maximum absolute atomic E-state index is 5.30. The fraction of sp³-hybridized carbons (Fsp3) is 0.667. The number of aromatic nitrogens is 1. The second-order valence-electron chi connectivity index (χ2n) is 4.79. The quantitative estimate of drug-likeness (QED) is 0.701. The first kappa shape index (κ1) is 16.1. The van der Waals surface area contributed by atoms with Crippen LogP contribution < -0.4 is 5.32 Å². The SMILES string of the molecule is CCCNC(COC)CN(CC)Cc1ccncc1. The summed E-state index contributed by atoms with van der Waals surface area (Å²) < 4.78 is 5.30. The van der Waals surface area contributed by atoms with Crippen molar-refractivity contribution in [3.8, 4) is 0 Å². The third-order valence-corrected chi connectivity index (χ3v) is 3.13. The van der Waals surface area contributed by atoms with Crippen LogP contribution in [0.1, 0.15) is 25.8 Å². The summed E-state index contributed by atoms with van der Waals surface area (Å²) in [6.07, 6.45) is 4.85. The van der Waals surface area contributed by atoms with Gasteiger partial charge in [-0.2, -0.15) is 0 Å². The highest BCUT2D eigenvalue weighted by Crippen LogP contribution is 2.04. The molecule has 0 saturated carbocycles. The normalized spacial score (nSPS) is 12.8. The number of methoxy groups -OCH3 is 1. The number of hydrogen-bond donors (Lipinski definition) is 1. The summed E-state index contributed by atoms with van der Waals surface area (Å²) in [6, 6.07) is 4.55. The van der Waals surface area contributed by atoms with E-state index in [1.165, 1.54) is 5.56 Å². The van der Waals surface area contributed by atoms with E-state index in [-0.39, 0.29) is 0 Å². The molecule has 0 radical (unpaired) electrons. The Hall–Kier alpha value is -0.970. The second-order valence-corrected chi connectivity index (χ2v) is 4.79. The van der Waals surface area contributed by atoms with Gasteiger partial charge in [0.15, 0.2) is 0 Å². The van der Waals surface area contributed by atoms with Crippen molar-refractivity contribution in [3.05, 3.63) is 30.1 Å². The van der Waals surface area contributed by atoms with Gasteiger partial charge in [-0.05, 0) is 37.2 Å². The minimum atomic E-state index is 0.395. The van der Waals surface area contributed by atoms with Crippen LogP contribution in [0.3, 0.4) is 0 Å². The van der Waals surface area contributed by atoms with Gasteiger partial charge in [0.05, 0.1) is 6.61 Å². The van der Waals surface area contributed by atoms with Crippen LogP contribution in [0.15, 0.2) is 24.5 Å². The van der Waals surface area contributed by atoms with Gasteiger partial charge in [0.2, 0.25) is 0 Å². The number of likely N-dealkylation sites (N-methyl/N-ethyl adjacent to an activating group) is 1. The zero-order chi connectivity index (χ0) is 13.9. The molecule has 0 aliphatic carbocycles. The van der Waals surface area contributed by atoms with E-state index in [1.54, 1.807) is 7.11 Å². The highest BCUT2D eigenvalue weighted by atomic mass is 16.5. The van der Waals surface area contributed by atoms with Gasteiger partial charge in [0.1, 0.15) is 0 Å². The van der Waals surface area contributed by atoms with E-state index >= 15 is 0 Å². The van der Waals surface area contributed by atoms with Gasteiger partial charge in [-0.25, -0.2) is 0 Å². The third kappa shape index (κ3) is 6.66. The topological polar surface area (TPSA) is 37.4 Å². The van der Waals surface area contributed by atoms with E-state index < -0.39 is 0 Å². The van der Waals surface area contributed by atoms with Crippen molar-refractivity contribution in [3.63, 3.8) is 0 Å². The van der Waals surface area contributed by atoms with Crippen LogP contribution in [0, 0.1) is 0 Å². The Bertz CT molecular complexity index is 318. The number of rotatable bonds is 10. The van der Waals surface area contributed by atoms with Gasteiger partial charge in [0.25, 0.3) is 0 Å². The first-order chi connectivity index (χ1) is 9.30. The molecule has 0 fully saturated rings. The number of hydrogen-bond acceptors (Lipinski definition) is 4. The molecule has 4 heteroatoms. The predicted octanol–water partition coefficient (Wildman–Crippen LogP) is 1.92. The zero-order valence-corrected chi connectivity index (χ0v) is 12.4. The molecule has 0 spiro atoms. The molecule has 4 nitrogen and oxygen atoms in total. The largest absolute Gasteiger partial charge is 0.383 e. The zero-order valence-electron chi connectivity index (χ0n) is 12.4. The molecular formula is C15H27N3O. The molecule has 0 amide bonds. The third-order valence-electron chi connectivity index (χ3n) is 3.13. The summed E-state index contributed by atoms with van der Waals surface area (Å²) in [5, 5.41) is 3.54.